The number of rotatable bonds is 4. The minimum absolute atomic E-state index is 0.335. The van der Waals surface area contributed by atoms with Crippen LogP contribution in [0.1, 0.15) is 32.6 Å². The van der Waals surface area contributed by atoms with Crippen LogP contribution in [-0.4, -0.2) is 13.1 Å². The zero-order valence-corrected chi connectivity index (χ0v) is 17.5. The van der Waals surface area contributed by atoms with Gasteiger partial charge in [-0.15, -0.1) is 0 Å². The van der Waals surface area contributed by atoms with Crippen molar-refractivity contribution < 1.29 is 14.3 Å². The summed E-state index contributed by atoms with van der Waals surface area (Å²) in [7, 11) is 1.65. The van der Waals surface area contributed by atoms with Gasteiger partial charge in [-0.1, -0.05) is 35.9 Å². The van der Waals surface area contributed by atoms with E-state index in [1.54, 1.807) is 31.4 Å². The van der Waals surface area contributed by atoms with Crippen LogP contribution in [0.3, 0.4) is 0 Å². The molecule has 144 valence electrons. The molecule has 28 heavy (non-hydrogen) atoms. The molecule has 0 N–H and O–H groups in total. The van der Waals surface area contributed by atoms with Crippen LogP contribution in [0.2, 0.25) is 5.02 Å². The SMILES string of the molecule is COc1ccc(C)c(C)c1-c1c(OC(=O)c2ccccc2Cl)ccc(C)c1C. The largest absolute Gasteiger partial charge is 0.496 e. The normalized spacial score (nSPS) is 10.6. The lowest BCUT2D eigenvalue weighted by Gasteiger charge is -2.20. The number of hydrogen-bond acceptors (Lipinski definition) is 3. The second-order valence-corrected chi connectivity index (χ2v) is 7.24. The lowest BCUT2D eigenvalue weighted by atomic mass is 9.90. The fourth-order valence-corrected chi connectivity index (χ4v) is 3.45. The summed E-state index contributed by atoms with van der Waals surface area (Å²) >= 11 is 6.17. The topological polar surface area (TPSA) is 35.5 Å². The fourth-order valence-electron chi connectivity index (χ4n) is 3.24. The first-order chi connectivity index (χ1) is 13.3. The van der Waals surface area contributed by atoms with Crippen molar-refractivity contribution in [1.82, 2.24) is 0 Å². The second-order valence-electron chi connectivity index (χ2n) is 6.83. The van der Waals surface area contributed by atoms with Crippen LogP contribution in [0, 0.1) is 27.7 Å². The summed E-state index contributed by atoms with van der Waals surface area (Å²) in [4.78, 5) is 12.8. The van der Waals surface area contributed by atoms with Crippen LogP contribution >= 0.6 is 11.6 Å². The lowest BCUT2D eigenvalue weighted by molar-refractivity contribution is 0.0735. The van der Waals surface area contributed by atoms with Crippen molar-refractivity contribution in [1.29, 1.82) is 0 Å². The van der Waals surface area contributed by atoms with Gasteiger partial charge in [0, 0.05) is 11.1 Å². The number of carbonyl (C=O) groups is 1. The fraction of sp³-hybridized carbons (Fsp3) is 0.208. The van der Waals surface area contributed by atoms with Gasteiger partial charge < -0.3 is 9.47 Å². The zero-order valence-electron chi connectivity index (χ0n) is 16.7. The molecule has 0 saturated carbocycles. The van der Waals surface area contributed by atoms with Crippen LogP contribution in [0.15, 0.2) is 48.5 Å². The zero-order chi connectivity index (χ0) is 20.4. The highest BCUT2D eigenvalue weighted by Gasteiger charge is 2.22. The minimum atomic E-state index is -0.487. The van der Waals surface area contributed by atoms with Gasteiger partial charge in [-0.2, -0.15) is 0 Å². The van der Waals surface area contributed by atoms with Crippen LogP contribution in [0.4, 0.5) is 0 Å². The maximum Gasteiger partial charge on any atom is 0.345 e. The van der Waals surface area contributed by atoms with Gasteiger partial charge in [-0.25, -0.2) is 4.79 Å². The number of methoxy groups -OCH3 is 1. The maximum atomic E-state index is 12.8. The van der Waals surface area contributed by atoms with Crippen molar-refractivity contribution in [3.8, 4) is 22.6 Å². The average Bonchev–Trinajstić information content (AvgIpc) is 2.68. The van der Waals surface area contributed by atoms with E-state index in [0.29, 0.717) is 16.3 Å². The Bertz CT molecular complexity index is 1050. The van der Waals surface area contributed by atoms with Gasteiger partial charge in [0.2, 0.25) is 0 Å². The number of halogens is 1. The van der Waals surface area contributed by atoms with Gasteiger partial charge >= 0.3 is 5.97 Å². The Balaban J connectivity index is 2.19. The van der Waals surface area contributed by atoms with Crippen molar-refractivity contribution in [3.63, 3.8) is 0 Å². The Morgan fingerprint density at radius 3 is 1.89 bits per heavy atom. The van der Waals surface area contributed by atoms with Crippen LogP contribution in [0.25, 0.3) is 11.1 Å². The smallest absolute Gasteiger partial charge is 0.345 e. The lowest BCUT2D eigenvalue weighted by Crippen LogP contribution is -2.11. The summed E-state index contributed by atoms with van der Waals surface area (Å²) in [5.74, 6) is 0.742. The second kappa shape index (κ2) is 8.07. The first-order valence-electron chi connectivity index (χ1n) is 9.06. The molecule has 3 nitrogen and oxygen atoms in total. The molecule has 3 aromatic carbocycles. The Hall–Kier alpha value is -2.78. The molecule has 0 atom stereocenters. The minimum Gasteiger partial charge on any atom is -0.496 e. The number of esters is 1. The van der Waals surface area contributed by atoms with E-state index in [0.717, 1.165) is 39.1 Å². The monoisotopic (exact) mass is 394 g/mol. The average molecular weight is 395 g/mol. The number of aryl methyl sites for hydroxylation is 2. The summed E-state index contributed by atoms with van der Waals surface area (Å²) in [5, 5.41) is 0.363. The van der Waals surface area contributed by atoms with E-state index in [2.05, 4.69) is 13.8 Å². The van der Waals surface area contributed by atoms with Gasteiger partial charge in [-0.05, 0) is 74.2 Å². The van der Waals surface area contributed by atoms with Crippen molar-refractivity contribution in [2.24, 2.45) is 0 Å². The highest BCUT2D eigenvalue weighted by atomic mass is 35.5. The molecular formula is C24H23ClO3. The number of hydrogen-bond donors (Lipinski definition) is 0. The summed E-state index contributed by atoms with van der Waals surface area (Å²) in [6.45, 7) is 8.17. The van der Waals surface area contributed by atoms with Gasteiger partial charge in [0.25, 0.3) is 0 Å². The van der Waals surface area contributed by atoms with Crippen molar-refractivity contribution >= 4 is 17.6 Å². The molecule has 0 aliphatic heterocycles. The highest BCUT2D eigenvalue weighted by Crippen LogP contribution is 2.43. The van der Waals surface area contributed by atoms with Crippen LogP contribution < -0.4 is 9.47 Å². The predicted molar refractivity (Wildman–Crippen MR) is 114 cm³/mol. The van der Waals surface area contributed by atoms with E-state index in [1.165, 1.54) is 0 Å². The summed E-state index contributed by atoms with van der Waals surface area (Å²) in [6, 6.07) is 14.6. The molecule has 0 aromatic heterocycles. The summed E-state index contributed by atoms with van der Waals surface area (Å²) < 4.78 is 11.5. The summed E-state index contributed by atoms with van der Waals surface area (Å²) in [5.41, 5.74) is 6.50. The Kier molecular flexibility index (Phi) is 5.76. The Labute approximate surface area is 170 Å². The molecule has 0 unspecified atom stereocenters. The number of ether oxygens (including phenoxy) is 2. The third-order valence-electron chi connectivity index (χ3n) is 5.16. The molecule has 0 aliphatic rings. The van der Waals surface area contributed by atoms with E-state index in [4.69, 9.17) is 21.1 Å². The third kappa shape index (κ3) is 3.63. The number of benzene rings is 3. The molecule has 0 amide bonds. The molecule has 0 radical (unpaired) electrons. The van der Waals surface area contributed by atoms with E-state index in [-0.39, 0.29) is 0 Å². The van der Waals surface area contributed by atoms with Crippen LogP contribution in [0.5, 0.6) is 11.5 Å². The molecule has 0 heterocycles. The quantitative estimate of drug-likeness (QED) is 0.376. The van der Waals surface area contributed by atoms with E-state index >= 15 is 0 Å². The summed E-state index contributed by atoms with van der Waals surface area (Å²) in [6.07, 6.45) is 0. The van der Waals surface area contributed by atoms with E-state index < -0.39 is 5.97 Å². The molecule has 0 fully saturated rings. The molecule has 0 bridgehead atoms. The number of carbonyl (C=O) groups excluding carboxylic acids is 1. The van der Waals surface area contributed by atoms with E-state index in [9.17, 15) is 4.79 Å². The molecule has 3 rings (SSSR count). The Morgan fingerprint density at radius 2 is 1.32 bits per heavy atom. The molecule has 0 spiro atoms. The molecule has 0 aliphatic carbocycles. The van der Waals surface area contributed by atoms with Crippen molar-refractivity contribution in [3.05, 3.63) is 81.4 Å². The first-order valence-corrected chi connectivity index (χ1v) is 9.44. The van der Waals surface area contributed by atoms with Crippen molar-refractivity contribution in [2.75, 3.05) is 7.11 Å². The van der Waals surface area contributed by atoms with E-state index in [1.807, 2.05) is 38.1 Å². The van der Waals surface area contributed by atoms with Gasteiger partial charge in [0.05, 0.1) is 17.7 Å². The maximum absolute atomic E-state index is 12.8. The molecule has 4 heteroatoms. The third-order valence-corrected chi connectivity index (χ3v) is 5.49. The predicted octanol–water partition coefficient (Wildman–Crippen LogP) is 6.47. The van der Waals surface area contributed by atoms with Gasteiger partial charge in [0.15, 0.2) is 0 Å². The highest BCUT2D eigenvalue weighted by molar-refractivity contribution is 6.33. The van der Waals surface area contributed by atoms with Gasteiger partial charge in [0.1, 0.15) is 11.5 Å². The van der Waals surface area contributed by atoms with Gasteiger partial charge in [-0.3, -0.25) is 0 Å². The Morgan fingerprint density at radius 1 is 0.786 bits per heavy atom. The standard InChI is InChI=1S/C24H23ClO3/c1-14-10-12-20(27-5)22(16(14)3)23-17(4)15(2)11-13-21(23)28-24(26)18-8-6-7-9-19(18)25/h6-13H,1-5H3. The van der Waals surface area contributed by atoms with Crippen LogP contribution in [-0.2, 0) is 0 Å². The molecule has 0 saturated heterocycles. The molecule has 3 aromatic rings. The molecular weight excluding hydrogens is 372 g/mol. The first kappa shape index (κ1) is 20.0. The van der Waals surface area contributed by atoms with Crippen molar-refractivity contribution in [2.45, 2.75) is 27.7 Å².